The van der Waals surface area contributed by atoms with E-state index < -0.39 is 0 Å². The van der Waals surface area contributed by atoms with E-state index in [0.717, 1.165) is 13.2 Å². The maximum Gasteiger partial charge on any atom is 0.0651 e. The van der Waals surface area contributed by atoms with Gasteiger partial charge in [-0.05, 0) is 33.1 Å². The summed E-state index contributed by atoms with van der Waals surface area (Å²) >= 11 is 0. The molecule has 2 aliphatic rings. The normalized spacial score (nSPS) is 37.2. The lowest BCUT2D eigenvalue weighted by Crippen LogP contribution is -2.65. The third-order valence-corrected chi connectivity index (χ3v) is 3.35. The van der Waals surface area contributed by atoms with Gasteiger partial charge in [-0.25, -0.2) is 0 Å². The molecule has 2 saturated heterocycles. The Kier molecular flexibility index (Phi) is 2.13. The summed E-state index contributed by atoms with van der Waals surface area (Å²) in [6.45, 7) is 7.81. The minimum atomic E-state index is 0.451. The van der Waals surface area contributed by atoms with Crippen molar-refractivity contribution in [3.8, 4) is 0 Å². The molecule has 2 nitrogen and oxygen atoms in total. The van der Waals surface area contributed by atoms with Gasteiger partial charge >= 0.3 is 0 Å². The van der Waals surface area contributed by atoms with E-state index in [9.17, 15) is 0 Å². The monoisotopic (exact) mass is 169 g/mol. The minimum Gasteiger partial charge on any atom is -0.380 e. The van der Waals surface area contributed by atoms with Crippen LogP contribution in [0.1, 0.15) is 33.1 Å². The zero-order chi connectivity index (χ0) is 8.60. The Labute approximate surface area is 74.9 Å². The molecule has 2 heteroatoms. The van der Waals surface area contributed by atoms with Crippen LogP contribution in [-0.2, 0) is 4.74 Å². The summed E-state index contributed by atoms with van der Waals surface area (Å²) in [4.78, 5) is 2.60. The lowest BCUT2D eigenvalue weighted by molar-refractivity contribution is -0.123. The second kappa shape index (κ2) is 3.00. The molecule has 0 unspecified atom stereocenters. The number of nitrogens with zero attached hydrogens (tertiary/aromatic N) is 1. The fraction of sp³-hybridized carbons (Fsp3) is 1.00. The van der Waals surface area contributed by atoms with Gasteiger partial charge in [0.1, 0.15) is 0 Å². The number of hydrogen-bond donors (Lipinski definition) is 0. The van der Waals surface area contributed by atoms with E-state index in [1.165, 1.54) is 25.8 Å². The zero-order valence-electron chi connectivity index (χ0n) is 8.18. The molecule has 0 saturated carbocycles. The largest absolute Gasteiger partial charge is 0.380 e. The standard InChI is InChI=1S/C10H19NO/c1-9(2)11-6-5-10(11)4-3-7-12-8-10/h9H,3-8H2,1-2H3/t10-/m1/s1. The summed E-state index contributed by atoms with van der Waals surface area (Å²) in [5.41, 5.74) is 0.451. The first-order valence-electron chi connectivity index (χ1n) is 5.09. The van der Waals surface area contributed by atoms with Gasteiger partial charge in [-0.1, -0.05) is 0 Å². The Balaban J connectivity index is 2.00. The summed E-state index contributed by atoms with van der Waals surface area (Å²) in [6, 6.07) is 0.695. The summed E-state index contributed by atoms with van der Waals surface area (Å²) in [7, 11) is 0. The van der Waals surface area contributed by atoms with Crippen LogP contribution in [0.15, 0.2) is 0 Å². The minimum absolute atomic E-state index is 0.451. The van der Waals surface area contributed by atoms with Crippen LogP contribution in [0.5, 0.6) is 0 Å². The summed E-state index contributed by atoms with van der Waals surface area (Å²) in [5, 5.41) is 0. The Morgan fingerprint density at radius 1 is 1.33 bits per heavy atom. The van der Waals surface area contributed by atoms with Gasteiger partial charge in [0.15, 0.2) is 0 Å². The van der Waals surface area contributed by atoms with Crippen molar-refractivity contribution in [3.05, 3.63) is 0 Å². The van der Waals surface area contributed by atoms with E-state index >= 15 is 0 Å². The van der Waals surface area contributed by atoms with Crippen LogP contribution < -0.4 is 0 Å². The molecule has 0 aromatic carbocycles. The smallest absolute Gasteiger partial charge is 0.0651 e. The first-order chi connectivity index (χ1) is 5.75. The van der Waals surface area contributed by atoms with Crippen molar-refractivity contribution in [3.63, 3.8) is 0 Å². The Hall–Kier alpha value is -0.0800. The predicted molar refractivity (Wildman–Crippen MR) is 49.2 cm³/mol. The van der Waals surface area contributed by atoms with Crippen molar-refractivity contribution in [2.75, 3.05) is 19.8 Å². The molecule has 0 aliphatic carbocycles. The first-order valence-corrected chi connectivity index (χ1v) is 5.09. The van der Waals surface area contributed by atoms with Gasteiger partial charge in [-0.15, -0.1) is 0 Å². The Morgan fingerprint density at radius 2 is 2.17 bits per heavy atom. The van der Waals surface area contributed by atoms with Crippen LogP contribution in [0.3, 0.4) is 0 Å². The lowest BCUT2D eigenvalue weighted by atomic mass is 9.79. The molecule has 2 rings (SSSR count). The number of likely N-dealkylation sites (tertiary alicyclic amines) is 1. The van der Waals surface area contributed by atoms with Crippen molar-refractivity contribution < 1.29 is 4.74 Å². The highest BCUT2D eigenvalue weighted by Crippen LogP contribution is 2.38. The third kappa shape index (κ3) is 1.17. The molecule has 70 valence electrons. The lowest BCUT2D eigenvalue weighted by Gasteiger charge is -2.56. The van der Waals surface area contributed by atoms with E-state index in [1.54, 1.807) is 0 Å². The van der Waals surface area contributed by atoms with Crippen LogP contribution in [-0.4, -0.2) is 36.2 Å². The van der Waals surface area contributed by atoms with Gasteiger partial charge in [0.2, 0.25) is 0 Å². The first kappa shape index (κ1) is 8.52. The highest BCUT2D eigenvalue weighted by atomic mass is 16.5. The van der Waals surface area contributed by atoms with E-state index in [2.05, 4.69) is 18.7 Å². The molecule has 0 bridgehead atoms. The summed E-state index contributed by atoms with van der Waals surface area (Å²) in [6.07, 6.45) is 3.96. The molecule has 1 atom stereocenters. The fourth-order valence-electron chi connectivity index (χ4n) is 2.62. The summed E-state index contributed by atoms with van der Waals surface area (Å²) in [5.74, 6) is 0. The van der Waals surface area contributed by atoms with Crippen molar-refractivity contribution >= 4 is 0 Å². The molecule has 0 aromatic rings. The molecular weight excluding hydrogens is 150 g/mol. The average molecular weight is 169 g/mol. The SMILES string of the molecule is CC(C)N1CC[C@@]12CCCOC2. The average Bonchev–Trinajstić information content (AvgIpc) is 2.03. The highest BCUT2D eigenvalue weighted by molar-refractivity contribution is 5.02. The van der Waals surface area contributed by atoms with E-state index in [-0.39, 0.29) is 0 Å². The van der Waals surface area contributed by atoms with Crippen molar-refractivity contribution in [1.29, 1.82) is 0 Å². The van der Waals surface area contributed by atoms with Crippen LogP contribution >= 0.6 is 0 Å². The van der Waals surface area contributed by atoms with E-state index in [4.69, 9.17) is 4.74 Å². The molecule has 0 N–H and O–H groups in total. The Morgan fingerprint density at radius 3 is 2.58 bits per heavy atom. The van der Waals surface area contributed by atoms with Crippen LogP contribution in [0.4, 0.5) is 0 Å². The molecule has 2 fully saturated rings. The van der Waals surface area contributed by atoms with Crippen molar-refractivity contribution in [2.24, 2.45) is 0 Å². The number of rotatable bonds is 1. The van der Waals surface area contributed by atoms with E-state index in [0.29, 0.717) is 11.6 Å². The molecular formula is C10H19NO. The van der Waals surface area contributed by atoms with Crippen LogP contribution in [0.2, 0.25) is 0 Å². The quantitative estimate of drug-likeness (QED) is 0.592. The Bertz CT molecular complexity index is 161. The van der Waals surface area contributed by atoms with Gasteiger partial charge in [0, 0.05) is 24.7 Å². The fourth-order valence-corrected chi connectivity index (χ4v) is 2.62. The second-order valence-electron chi connectivity index (χ2n) is 4.42. The van der Waals surface area contributed by atoms with Gasteiger partial charge < -0.3 is 4.74 Å². The zero-order valence-corrected chi connectivity index (χ0v) is 8.18. The van der Waals surface area contributed by atoms with Crippen LogP contribution in [0, 0.1) is 0 Å². The molecule has 2 heterocycles. The molecule has 1 spiro atoms. The van der Waals surface area contributed by atoms with Crippen LogP contribution in [0.25, 0.3) is 0 Å². The van der Waals surface area contributed by atoms with Crippen molar-refractivity contribution in [2.45, 2.75) is 44.7 Å². The van der Waals surface area contributed by atoms with Gasteiger partial charge in [-0.2, -0.15) is 0 Å². The topological polar surface area (TPSA) is 12.5 Å². The van der Waals surface area contributed by atoms with Gasteiger partial charge in [-0.3, -0.25) is 4.90 Å². The molecule has 12 heavy (non-hydrogen) atoms. The molecule has 2 aliphatic heterocycles. The highest BCUT2D eigenvalue weighted by Gasteiger charge is 2.46. The summed E-state index contributed by atoms with van der Waals surface area (Å²) < 4.78 is 5.57. The maximum absolute atomic E-state index is 5.57. The predicted octanol–water partition coefficient (Wildman–Crippen LogP) is 1.65. The van der Waals surface area contributed by atoms with E-state index in [1.807, 2.05) is 0 Å². The molecule has 0 aromatic heterocycles. The third-order valence-electron chi connectivity index (χ3n) is 3.35. The molecule has 0 radical (unpaired) electrons. The number of ether oxygens (including phenoxy) is 1. The number of hydrogen-bond acceptors (Lipinski definition) is 2. The van der Waals surface area contributed by atoms with Crippen molar-refractivity contribution in [1.82, 2.24) is 4.90 Å². The molecule has 0 amide bonds. The van der Waals surface area contributed by atoms with Gasteiger partial charge in [0.05, 0.1) is 6.61 Å². The second-order valence-corrected chi connectivity index (χ2v) is 4.42. The van der Waals surface area contributed by atoms with Gasteiger partial charge in [0.25, 0.3) is 0 Å². The maximum atomic E-state index is 5.57.